The Morgan fingerprint density at radius 3 is 2.67 bits per heavy atom. The molecule has 4 rings (SSSR count). The predicted octanol–water partition coefficient (Wildman–Crippen LogP) is 4.04. The third-order valence-corrected chi connectivity index (χ3v) is 5.27. The van der Waals surface area contributed by atoms with Crippen LogP contribution >= 0.6 is 11.3 Å². The molecule has 27 heavy (non-hydrogen) atoms. The van der Waals surface area contributed by atoms with E-state index >= 15 is 0 Å². The van der Waals surface area contributed by atoms with Crippen molar-refractivity contribution in [3.05, 3.63) is 64.0 Å². The summed E-state index contributed by atoms with van der Waals surface area (Å²) < 4.78 is 5.54. The lowest BCUT2D eigenvalue weighted by molar-refractivity contribution is -0.121. The number of nitrogens with zero attached hydrogens (tertiary/aromatic N) is 2. The molecule has 2 heterocycles. The van der Waals surface area contributed by atoms with E-state index in [4.69, 9.17) is 4.74 Å². The fourth-order valence-electron chi connectivity index (χ4n) is 3.01. The van der Waals surface area contributed by atoms with Gasteiger partial charge in [-0.1, -0.05) is 29.8 Å². The second-order valence-electron chi connectivity index (χ2n) is 6.49. The van der Waals surface area contributed by atoms with Crippen molar-refractivity contribution in [3.63, 3.8) is 0 Å². The molecule has 136 valence electrons. The van der Waals surface area contributed by atoms with Crippen molar-refractivity contribution in [2.75, 3.05) is 18.1 Å². The molecular weight excluding hydrogens is 360 g/mol. The number of anilines is 1. The van der Waals surface area contributed by atoms with Crippen LogP contribution in [0.15, 0.2) is 47.8 Å². The Balaban J connectivity index is 1.66. The highest BCUT2D eigenvalue weighted by molar-refractivity contribution is 7.09. The van der Waals surface area contributed by atoms with Crippen molar-refractivity contribution in [2.24, 2.45) is 0 Å². The topological polar surface area (TPSA) is 59.5 Å². The molecular formula is C21H18N2O3S. The van der Waals surface area contributed by atoms with E-state index in [2.05, 4.69) is 4.98 Å². The van der Waals surface area contributed by atoms with Gasteiger partial charge in [-0.2, -0.15) is 0 Å². The molecule has 0 fully saturated rings. The maximum atomic E-state index is 12.7. The number of hydrogen-bond donors (Lipinski definition) is 0. The normalized spacial score (nSPS) is 13.3. The van der Waals surface area contributed by atoms with E-state index in [1.807, 2.05) is 49.6 Å². The van der Waals surface area contributed by atoms with Gasteiger partial charge in [0.15, 0.2) is 12.4 Å². The third-order valence-electron chi connectivity index (χ3n) is 4.49. The summed E-state index contributed by atoms with van der Waals surface area (Å²) in [6, 6.07) is 13.0. The Bertz CT molecular complexity index is 1020. The molecule has 0 bridgehead atoms. The van der Waals surface area contributed by atoms with Crippen LogP contribution in [0.5, 0.6) is 5.75 Å². The molecule has 1 aliphatic rings. The van der Waals surface area contributed by atoms with Crippen molar-refractivity contribution in [1.82, 2.24) is 4.98 Å². The Labute approximate surface area is 161 Å². The number of amides is 1. The van der Waals surface area contributed by atoms with Crippen LogP contribution in [0.1, 0.15) is 20.9 Å². The quantitative estimate of drug-likeness (QED) is 0.643. The highest BCUT2D eigenvalue weighted by Crippen LogP contribution is 2.36. The Morgan fingerprint density at radius 1 is 1.19 bits per heavy atom. The number of rotatable bonds is 4. The minimum Gasteiger partial charge on any atom is -0.482 e. The highest BCUT2D eigenvalue weighted by Gasteiger charge is 2.28. The first-order valence-corrected chi connectivity index (χ1v) is 9.49. The molecule has 1 aliphatic heterocycles. The number of fused-ring (bicyclic) bond motifs is 1. The molecule has 0 N–H and O–H groups in total. The lowest BCUT2D eigenvalue weighted by Crippen LogP contribution is -2.42. The number of aromatic nitrogens is 1. The maximum Gasteiger partial charge on any atom is 0.265 e. The zero-order valence-corrected chi connectivity index (χ0v) is 15.9. The Morgan fingerprint density at radius 2 is 1.96 bits per heavy atom. The van der Waals surface area contributed by atoms with Gasteiger partial charge in [-0.15, -0.1) is 11.3 Å². The first-order valence-electron chi connectivity index (χ1n) is 8.61. The number of ketones is 1. The van der Waals surface area contributed by atoms with Gasteiger partial charge in [0.2, 0.25) is 0 Å². The summed E-state index contributed by atoms with van der Waals surface area (Å²) in [4.78, 5) is 31.2. The van der Waals surface area contributed by atoms with Crippen LogP contribution in [-0.2, 0) is 4.79 Å². The summed E-state index contributed by atoms with van der Waals surface area (Å²) in [5.74, 6) is 0.266. The zero-order valence-electron chi connectivity index (χ0n) is 15.1. The van der Waals surface area contributed by atoms with Gasteiger partial charge in [0.25, 0.3) is 5.91 Å². The van der Waals surface area contributed by atoms with E-state index in [1.54, 1.807) is 23.5 Å². The number of benzene rings is 2. The molecule has 1 amide bonds. The van der Waals surface area contributed by atoms with E-state index in [-0.39, 0.29) is 24.8 Å². The molecule has 0 spiro atoms. The SMILES string of the molecule is Cc1ccc(C(=O)CN2C(=O)COc3ccc(-c4csc(C)n4)cc32)cc1. The molecule has 0 aliphatic carbocycles. The second kappa shape index (κ2) is 6.96. The number of carbonyl (C=O) groups excluding carboxylic acids is 2. The summed E-state index contributed by atoms with van der Waals surface area (Å²) in [6.45, 7) is 3.84. The van der Waals surface area contributed by atoms with E-state index in [0.29, 0.717) is 17.0 Å². The largest absolute Gasteiger partial charge is 0.482 e. The van der Waals surface area contributed by atoms with Crippen molar-refractivity contribution in [1.29, 1.82) is 0 Å². The zero-order chi connectivity index (χ0) is 19.0. The molecule has 0 radical (unpaired) electrons. The number of aryl methyl sites for hydroxylation is 2. The summed E-state index contributed by atoms with van der Waals surface area (Å²) in [5.41, 5.74) is 4.03. The fourth-order valence-corrected chi connectivity index (χ4v) is 3.63. The first kappa shape index (κ1) is 17.4. The molecule has 0 saturated heterocycles. The third kappa shape index (κ3) is 3.48. The molecule has 0 atom stereocenters. The molecule has 2 aromatic carbocycles. The number of Topliss-reactive ketones (excluding diaryl/α,β-unsaturated/α-hetero) is 1. The monoisotopic (exact) mass is 378 g/mol. The average molecular weight is 378 g/mol. The molecule has 1 aromatic heterocycles. The number of hydrogen-bond acceptors (Lipinski definition) is 5. The fraction of sp³-hybridized carbons (Fsp3) is 0.190. The Hall–Kier alpha value is -2.99. The van der Waals surface area contributed by atoms with Gasteiger partial charge in [0.1, 0.15) is 5.75 Å². The van der Waals surface area contributed by atoms with Crippen LogP contribution in [0.2, 0.25) is 0 Å². The molecule has 3 aromatic rings. The highest BCUT2D eigenvalue weighted by atomic mass is 32.1. The molecule has 5 nitrogen and oxygen atoms in total. The van der Waals surface area contributed by atoms with Crippen molar-refractivity contribution >= 4 is 28.7 Å². The van der Waals surface area contributed by atoms with Crippen LogP contribution < -0.4 is 9.64 Å². The lowest BCUT2D eigenvalue weighted by atomic mass is 10.1. The van der Waals surface area contributed by atoms with Gasteiger partial charge in [-0.05, 0) is 32.0 Å². The van der Waals surface area contributed by atoms with Crippen LogP contribution in [-0.4, -0.2) is 29.8 Å². The summed E-state index contributed by atoms with van der Waals surface area (Å²) in [6.07, 6.45) is 0. The van der Waals surface area contributed by atoms with Gasteiger partial charge in [0.05, 0.1) is 22.9 Å². The average Bonchev–Trinajstić information content (AvgIpc) is 3.10. The maximum absolute atomic E-state index is 12.7. The van der Waals surface area contributed by atoms with Gasteiger partial charge >= 0.3 is 0 Å². The molecule has 6 heteroatoms. The first-order chi connectivity index (χ1) is 13.0. The number of ether oxygens (including phenoxy) is 1. The van der Waals surface area contributed by atoms with Gasteiger partial charge in [0, 0.05) is 16.5 Å². The molecule has 0 saturated carbocycles. The van der Waals surface area contributed by atoms with Crippen LogP contribution in [0, 0.1) is 13.8 Å². The lowest BCUT2D eigenvalue weighted by Gasteiger charge is -2.29. The Kier molecular flexibility index (Phi) is 4.49. The van der Waals surface area contributed by atoms with Crippen LogP contribution in [0.25, 0.3) is 11.3 Å². The molecule has 0 unspecified atom stereocenters. The van der Waals surface area contributed by atoms with Crippen LogP contribution in [0.3, 0.4) is 0 Å². The number of carbonyl (C=O) groups is 2. The van der Waals surface area contributed by atoms with Crippen LogP contribution in [0.4, 0.5) is 5.69 Å². The van der Waals surface area contributed by atoms with E-state index in [1.165, 1.54) is 4.90 Å². The van der Waals surface area contributed by atoms with Gasteiger partial charge < -0.3 is 4.74 Å². The van der Waals surface area contributed by atoms with Crippen molar-refractivity contribution < 1.29 is 14.3 Å². The van der Waals surface area contributed by atoms with Gasteiger partial charge in [-0.3, -0.25) is 14.5 Å². The smallest absolute Gasteiger partial charge is 0.265 e. The summed E-state index contributed by atoms with van der Waals surface area (Å²) in [7, 11) is 0. The standard InChI is InChI=1S/C21H18N2O3S/c1-13-3-5-15(6-4-13)19(24)10-23-18-9-16(17-12-27-14(2)22-17)7-8-20(18)26-11-21(23)25/h3-9,12H,10-11H2,1-2H3. The summed E-state index contributed by atoms with van der Waals surface area (Å²) >= 11 is 1.57. The van der Waals surface area contributed by atoms with Crippen molar-refractivity contribution in [2.45, 2.75) is 13.8 Å². The second-order valence-corrected chi connectivity index (χ2v) is 7.55. The van der Waals surface area contributed by atoms with Crippen molar-refractivity contribution in [3.8, 4) is 17.0 Å². The van der Waals surface area contributed by atoms with E-state index in [0.717, 1.165) is 21.8 Å². The minimum absolute atomic E-state index is 0.0161. The van der Waals surface area contributed by atoms with E-state index in [9.17, 15) is 9.59 Å². The predicted molar refractivity (Wildman–Crippen MR) is 106 cm³/mol. The minimum atomic E-state index is -0.227. The van der Waals surface area contributed by atoms with E-state index < -0.39 is 0 Å². The van der Waals surface area contributed by atoms with Gasteiger partial charge in [-0.25, -0.2) is 4.98 Å². The number of thiazole rings is 1. The summed E-state index contributed by atoms with van der Waals surface area (Å²) in [5, 5.41) is 2.95.